The number of amides is 1. The molecule has 5 nitrogen and oxygen atoms in total. The number of fused-ring (bicyclic) bond motifs is 1. The molecule has 3 rings (SSSR count). The molecule has 0 saturated carbocycles. The summed E-state index contributed by atoms with van der Waals surface area (Å²) < 4.78 is -1.86. The molecule has 0 aromatic heterocycles. The lowest BCUT2D eigenvalue weighted by molar-refractivity contribution is -0.121. The van der Waals surface area contributed by atoms with Gasteiger partial charge in [-0.05, 0) is 59.7 Å². The van der Waals surface area contributed by atoms with Crippen molar-refractivity contribution in [1.82, 2.24) is 10.6 Å². The third kappa shape index (κ3) is 6.56. The van der Waals surface area contributed by atoms with E-state index in [9.17, 15) is 9.59 Å². The summed E-state index contributed by atoms with van der Waals surface area (Å²) in [6, 6.07) is 20.3. The first-order chi connectivity index (χ1) is 15.1. The van der Waals surface area contributed by atoms with Gasteiger partial charge in [0.2, 0.25) is 9.70 Å². The van der Waals surface area contributed by atoms with Crippen molar-refractivity contribution >= 4 is 80.3 Å². The van der Waals surface area contributed by atoms with Gasteiger partial charge in [0.1, 0.15) is 6.17 Å². The van der Waals surface area contributed by atoms with Gasteiger partial charge in [0.05, 0.1) is 6.42 Å². The minimum absolute atomic E-state index is 0.0394. The van der Waals surface area contributed by atoms with Crippen molar-refractivity contribution in [2.75, 3.05) is 5.32 Å². The van der Waals surface area contributed by atoms with Gasteiger partial charge >= 0.3 is 0 Å². The van der Waals surface area contributed by atoms with Crippen molar-refractivity contribution in [3.63, 3.8) is 0 Å². The fourth-order valence-corrected chi connectivity index (χ4v) is 3.68. The number of anilines is 1. The highest BCUT2D eigenvalue weighted by molar-refractivity contribution is 7.80. The lowest BCUT2D eigenvalue weighted by Gasteiger charge is -2.28. The van der Waals surface area contributed by atoms with E-state index in [1.165, 1.54) is 6.92 Å². The number of Topliss-reactive ketones (excluding diaryl/α,β-unsaturated/α-hetero) is 1. The van der Waals surface area contributed by atoms with E-state index in [2.05, 4.69) is 16.0 Å². The van der Waals surface area contributed by atoms with Gasteiger partial charge in [0.25, 0.3) is 0 Å². The van der Waals surface area contributed by atoms with Gasteiger partial charge < -0.3 is 16.0 Å². The first-order valence-corrected chi connectivity index (χ1v) is 11.2. The summed E-state index contributed by atoms with van der Waals surface area (Å²) in [7, 11) is 0. The highest BCUT2D eigenvalue weighted by Gasteiger charge is 2.34. The van der Waals surface area contributed by atoms with Gasteiger partial charge in [-0.25, -0.2) is 0 Å². The van der Waals surface area contributed by atoms with Gasteiger partial charge in [-0.2, -0.15) is 0 Å². The standard InChI is InChI=1S/C23H20Cl3N3O2S/c1-14(30)15-9-11-18(12-10-15)27-22(32)29-21(23(24,25)26)28-20(31)13-17-7-4-6-16-5-2-3-8-19(16)17/h2-12,21H,13H2,1H3,(H,28,31)(H2,27,29,32)/t21-/m0/s1. The molecular formula is C23H20Cl3N3O2S. The number of hydrogen-bond donors (Lipinski definition) is 3. The minimum Gasteiger partial charge on any atom is -0.339 e. The molecule has 32 heavy (non-hydrogen) atoms. The molecule has 3 aromatic carbocycles. The van der Waals surface area contributed by atoms with Crippen LogP contribution in [0.15, 0.2) is 66.7 Å². The van der Waals surface area contributed by atoms with Gasteiger partial charge in [-0.1, -0.05) is 77.3 Å². The van der Waals surface area contributed by atoms with E-state index in [1.807, 2.05) is 42.5 Å². The fourth-order valence-electron chi connectivity index (χ4n) is 3.12. The normalized spacial score (nSPS) is 12.1. The molecule has 0 spiro atoms. The first-order valence-electron chi connectivity index (χ1n) is 9.65. The van der Waals surface area contributed by atoms with Crippen molar-refractivity contribution in [2.45, 2.75) is 23.3 Å². The minimum atomic E-state index is -1.86. The highest BCUT2D eigenvalue weighted by Crippen LogP contribution is 2.29. The number of thiocarbonyl (C=S) groups is 1. The zero-order valence-corrected chi connectivity index (χ0v) is 20.1. The monoisotopic (exact) mass is 507 g/mol. The predicted octanol–water partition coefficient (Wildman–Crippen LogP) is 5.38. The molecule has 166 valence electrons. The highest BCUT2D eigenvalue weighted by atomic mass is 35.6. The maximum absolute atomic E-state index is 12.7. The number of benzene rings is 3. The van der Waals surface area contributed by atoms with Crippen LogP contribution in [0.1, 0.15) is 22.8 Å². The Kier molecular flexibility index (Phi) is 7.96. The lowest BCUT2D eigenvalue weighted by Crippen LogP contribution is -2.56. The molecule has 0 bridgehead atoms. The van der Waals surface area contributed by atoms with Crippen molar-refractivity contribution in [3.05, 3.63) is 77.9 Å². The largest absolute Gasteiger partial charge is 0.339 e. The van der Waals surface area contributed by atoms with Crippen LogP contribution in [0.25, 0.3) is 10.8 Å². The number of carbonyl (C=O) groups is 2. The maximum atomic E-state index is 12.7. The summed E-state index contributed by atoms with van der Waals surface area (Å²) in [5, 5.41) is 10.6. The molecule has 3 aromatic rings. The van der Waals surface area contributed by atoms with E-state index in [-0.39, 0.29) is 23.2 Å². The maximum Gasteiger partial charge on any atom is 0.228 e. The Bertz CT molecular complexity index is 1140. The van der Waals surface area contributed by atoms with Crippen LogP contribution in [0, 0.1) is 0 Å². The zero-order valence-electron chi connectivity index (χ0n) is 17.0. The summed E-state index contributed by atoms with van der Waals surface area (Å²) in [6.45, 7) is 1.49. The number of carbonyl (C=O) groups excluding carboxylic acids is 2. The third-order valence-electron chi connectivity index (χ3n) is 4.69. The second-order valence-corrected chi connectivity index (χ2v) is 9.87. The van der Waals surface area contributed by atoms with Crippen molar-refractivity contribution in [3.8, 4) is 0 Å². The van der Waals surface area contributed by atoms with Crippen molar-refractivity contribution in [2.24, 2.45) is 0 Å². The number of rotatable bonds is 6. The van der Waals surface area contributed by atoms with Crippen molar-refractivity contribution < 1.29 is 9.59 Å². The van der Waals surface area contributed by atoms with Crippen LogP contribution in [0.3, 0.4) is 0 Å². The van der Waals surface area contributed by atoms with Crippen LogP contribution in [0.4, 0.5) is 5.69 Å². The first kappa shape index (κ1) is 24.3. The average molecular weight is 509 g/mol. The summed E-state index contributed by atoms with van der Waals surface area (Å²) in [6.07, 6.45) is -0.973. The van der Waals surface area contributed by atoms with Gasteiger partial charge in [-0.3, -0.25) is 9.59 Å². The SMILES string of the molecule is CC(=O)c1ccc(NC(=S)N[C@H](NC(=O)Cc2cccc3ccccc23)C(Cl)(Cl)Cl)cc1. The predicted molar refractivity (Wildman–Crippen MR) is 136 cm³/mol. The van der Waals surface area contributed by atoms with Crippen LogP contribution >= 0.6 is 47.0 Å². The number of halogens is 3. The molecule has 0 heterocycles. The Morgan fingerprint density at radius 2 is 1.59 bits per heavy atom. The van der Waals surface area contributed by atoms with E-state index in [1.54, 1.807) is 24.3 Å². The molecule has 1 atom stereocenters. The molecule has 0 aliphatic carbocycles. The molecule has 1 amide bonds. The molecule has 0 aliphatic heterocycles. The van der Waals surface area contributed by atoms with Gasteiger partial charge in [0, 0.05) is 11.3 Å². The topological polar surface area (TPSA) is 70.2 Å². The molecule has 0 aliphatic rings. The van der Waals surface area contributed by atoms with Gasteiger partial charge in [-0.15, -0.1) is 0 Å². The van der Waals surface area contributed by atoms with E-state index >= 15 is 0 Å². The van der Waals surface area contributed by atoms with Crippen LogP contribution in [0.2, 0.25) is 0 Å². The number of ketones is 1. The molecule has 0 unspecified atom stereocenters. The number of nitrogens with one attached hydrogen (secondary N) is 3. The summed E-state index contributed by atoms with van der Waals surface area (Å²) >= 11 is 23.5. The smallest absolute Gasteiger partial charge is 0.228 e. The molecule has 0 fully saturated rings. The second kappa shape index (κ2) is 10.5. The summed E-state index contributed by atoms with van der Waals surface area (Å²) in [5.74, 6) is -0.374. The average Bonchev–Trinajstić information content (AvgIpc) is 2.73. The van der Waals surface area contributed by atoms with Crippen molar-refractivity contribution in [1.29, 1.82) is 0 Å². The van der Waals surface area contributed by atoms with E-state index < -0.39 is 9.96 Å². The van der Waals surface area contributed by atoms with E-state index in [0.717, 1.165) is 16.3 Å². The Labute approximate surface area is 206 Å². The summed E-state index contributed by atoms with van der Waals surface area (Å²) in [4.78, 5) is 24.1. The Hall–Kier alpha value is -2.38. The van der Waals surface area contributed by atoms with Crippen LogP contribution in [0.5, 0.6) is 0 Å². The molecular weight excluding hydrogens is 489 g/mol. The third-order valence-corrected chi connectivity index (χ3v) is 5.56. The van der Waals surface area contributed by atoms with Crippen LogP contribution in [-0.4, -0.2) is 26.8 Å². The second-order valence-electron chi connectivity index (χ2n) is 7.09. The molecule has 0 radical (unpaired) electrons. The Morgan fingerprint density at radius 1 is 0.938 bits per heavy atom. The number of hydrogen-bond acceptors (Lipinski definition) is 3. The van der Waals surface area contributed by atoms with Crippen LogP contribution < -0.4 is 16.0 Å². The Morgan fingerprint density at radius 3 is 2.25 bits per heavy atom. The lowest BCUT2D eigenvalue weighted by atomic mass is 10.0. The van der Waals surface area contributed by atoms with E-state index in [4.69, 9.17) is 47.0 Å². The molecule has 3 N–H and O–H groups in total. The number of alkyl halides is 3. The zero-order chi connectivity index (χ0) is 23.3. The van der Waals surface area contributed by atoms with E-state index in [0.29, 0.717) is 11.3 Å². The molecule has 9 heteroatoms. The summed E-state index contributed by atoms with van der Waals surface area (Å²) in [5.41, 5.74) is 2.07. The van der Waals surface area contributed by atoms with Crippen LogP contribution in [-0.2, 0) is 11.2 Å². The fraction of sp³-hybridized carbons (Fsp3) is 0.174. The van der Waals surface area contributed by atoms with Gasteiger partial charge in [0.15, 0.2) is 10.9 Å². The Balaban J connectivity index is 1.66. The quantitative estimate of drug-likeness (QED) is 0.180. The molecule has 0 saturated heterocycles.